The van der Waals surface area contributed by atoms with Gasteiger partial charge in [0.05, 0.1) is 10.0 Å². The van der Waals surface area contributed by atoms with Crippen molar-refractivity contribution in [3.63, 3.8) is 0 Å². The molecule has 0 aliphatic heterocycles. The van der Waals surface area contributed by atoms with E-state index in [0.717, 1.165) is 17.9 Å². The molecular formula is C15H21Cl2N. The van der Waals surface area contributed by atoms with E-state index in [1.165, 1.54) is 32.1 Å². The molecular weight excluding hydrogens is 265 g/mol. The molecule has 1 heterocycles. The molecule has 1 saturated carbocycles. The first-order valence-electron chi connectivity index (χ1n) is 6.76. The quantitative estimate of drug-likeness (QED) is 0.648. The molecule has 1 aliphatic rings. The number of hydrogen-bond donors (Lipinski definition) is 0. The minimum absolute atomic E-state index is 0.600. The number of rotatable bonds is 5. The Morgan fingerprint density at radius 3 is 2.33 bits per heavy atom. The first-order valence-corrected chi connectivity index (χ1v) is 7.51. The fraction of sp³-hybridized carbons (Fsp3) is 0.667. The Kier molecular flexibility index (Phi) is 4.55. The second-order valence-corrected chi connectivity index (χ2v) is 7.08. The maximum atomic E-state index is 6.10. The minimum atomic E-state index is 0.600. The molecule has 100 valence electrons. The van der Waals surface area contributed by atoms with Gasteiger partial charge in [0.2, 0.25) is 0 Å². The maximum absolute atomic E-state index is 6.10. The summed E-state index contributed by atoms with van der Waals surface area (Å²) < 4.78 is 0. The molecule has 2 rings (SSSR count). The summed E-state index contributed by atoms with van der Waals surface area (Å²) in [4.78, 5) is 3.98. The van der Waals surface area contributed by atoms with Crippen molar-refractivity contribution in [2.75, 3.05) is 0 Å². The smallest absolute Gasteiger partial charge is 0.0636 e. The molecule has 1 aliphatic carbocycles. The highest BCUT2D eigenvalue weighted by molar-refractivity contribution is 6.35. The molecule has 0 saturated heterocycles. The van der Waals surface area contributed by atoms with Gasteiger partial charge in [-0.1, -0.05) is 49.9 Å². The summed E-state index contributed by atoms with van der Waals surface area (Å²) in [6.45, 7) is 4.72. The summed E-state index contributed by atoms with van der Waals surface area (Å²) in [5, 5.41) is 1.40. The van der Waals surface area contributed by atoms with E-state index in [-0.39, 0.29) is 0 Å². The number of halogens is 2. The number of hydrogen-bond acceptors (Lipinski definition) is 1. The summed E-state index contributed by atoms with van der Waals surface area (Å²) in [7, 11) is 0. The lowest BCUT2D eigenvalue weighted by Gasteiger charge is -2.42. The van der Waals surface area contributed by atoms with E-state index >= 15 is 0 Å². The van der Waals surface area contributed by atoms with Gasteiger partial charge in [0, 0.05) is 12.4 Å². The average molecular weight is 286 g/mol. The fourth-order valence-corrected chi connectivity index (χ4v) is 3.67. The van der Waals surface area contributed by atoms with Crippen LogP contribution in [0.25, 0.3) is 0 Å². The van der Waals surface area contributed by atoms with Crippen LogP contribution in [0.15, 0.2) is 12.4 Å². The van der Waals surface area contributed by atoms with Gasteiger partial charge in [-0.2, -0.15) is 0 Å². The summed E-state index contributed by atoms with van der Waals surface area (Å²) in [5.74, 6) is 0.948. The number of unbranched alkanes of at least 4 members (excludes halogenated alkanes) is 1. The van der Waals surface area contributed by atoms with Crippen LogP contribution >= 0.6 is 23.2 Å². The third-order valence-electron chi connectivity index (χ3n) is 3.92. The standard InChI is InChI=1S/C15H21Cl2N/c1-15(2)7-11(8-15)5-3-4-6-12-13(16)9-18-10-14(12)17/h9-11H,3-8H2,1-2H3. The van der Waals surface area contributed by atoms with Crippen LogP contribution in [0.1, 0.15) is 51.5 Å². The highest BCUT2D eigenvalue weighted by atomic mass is 35.5. The van der Waals surface area contributed by atoms with Crippen molar-refractivity contribution in [3.05, 3.63) is 28.0 Å². The molecule has 1 fully saturated rings. The Morgan fingerprint density at radius 2 is 1.78 bits per heavy atom. The Morgan fingerprint density at radius 1 is 1.17 bits per heavy atom. The zero-order valence-electron chi connectivity index (χ0n) is 11.2. The maximum Gasteiger partial charge on any atom is 0.0636 e. The third-order valence-corrected chi connectivity index (χ3v) is 4.58. The molecule has 1 aromatic heterocycles. The van der Waals surface area contributed by atoms with Crippen molar-refractivity contribution in [2.45, 2.75) is 52.4 Å². The molecule has 0 aromatic carbocycles. The first kappa shape index (κ1) is 14.1. The molecule has 0 bridgehead atoms. The topological polar surface area (TPSA) is 12.9 Å². The largest absolute Gasteiger partial charge is 0.262 e. The van der Waals surface area contributed by atoms with Crippen molar-refractivity contribution >= 4 is 23.2 Å². The minimum Gasteiger partial charge on any atom is -0.262 e. The average Bonchev–Trinajstić information content (AvgIpc) is 2.24. The number of aromatic nitrogens is 1. The first-order chi connectivity index (χ1) is 8.48. The van der Waals surface area contributed by atoms with E-state index < -0.39 is 0 Å². The Labute approximate surface area is 120 Å². The molecule has 3 heteroatoms. The zero-order valence-corrected chi connectivity index (χ0v) is 12.7. The van der Waals surface area contributed by atoms with Crippen LogP contribution < -0.4 is 0 Å². The van der Waals surface area contributed by atoms with Gasteiger partial charge in [0.1, 0.15) is 0 Å². The second-order valence-electron chi connectivity index (χ2n) is 6.27. The lowest BCUT2D eigenvalue weighted by molar-refractivity contribution is 0.0878. The summed E-state index contributed by atoms with van der Waals surface area (Å²) in [6, 6.07) is 0. The van der Waals surface area contributed by atoms with Crippen LogP contribution in [-0.2, 0) is 6.42 Å². The predicted octanol–water partition coefficient (Wildman–Crippen LogP) is 5.54. The van der Waals surface area contributed by atoms with Gasteiger partial charge in [-0.05, 0) is 42.6 Å². The molecule has 0 N–H and O–H groups in total. The van der Waals surface area contributed by atoms with Crippen molar-refractivity contribution in [2.24, 2.45) is 11.3 Å². The van der Waals surface area contributed by atoms with E-state index in [2.05, 4.69) is 18.8 Å². The third kappa shape index (κ3) is 3.61. The molecule has 0 atom stereocenters. The highest BCUT2D eigenvalue weighted by Gasteiger charge is 2.34. The van der Waals surface area contributed by atoms with Gasteiger partial charge in [-0.15, -0.1) is 0 Å². The van der Waals surface area contributed by atoms with Gasteiger partial charge in [0.15, 0.2) is 0 Å². The van der Waals surface area contributed by atoms with E-state index in [1.54, 1.807) is 12.4 Å². The molecule has 1 aromatic rings. The summed E-state index contributed by atoms with van der Waals surface area (Å²) >= 11 is 12.2. The molecule has 0 unspecified atom stereocenters. The summed E-state index contributed by atoms with van der Waals surface area (Å²) in [6.07, 6.45) is 10.9. The Balaban J connectivity index is 1.70. The predicted molar refractivity (Wildman–Crippen MR) is 78.3 cm³/mol. The second kappa shape index (κ2) is 5.79. The van der Waals surface area contributed by atoms with E-state index in [1.807, 2.05) is 0 Å². The van der Waals surface area contributed by atoms with Gasteiger partial charge < -0.3 is 0 Å². The monoisotopic (exact) mass is 285 g/mol. The van der Waals surface area contributed by atoms with Crippen molar-refractivity contribution in [3.8, 4) is 0 Å². The van der Waals surface area contributed by atoms with Crippen molar-refractivity contribution in [1.82, 2.24) is 4.98 Å². The molecule has 0 radical (unpaired) electrons. The highest BCUT2D eigenvalue weighted by Crippen LogP contribution is 2.46. The Bertz CT molecular complexity index is 387. The van der Waals surface area contributed by atoms with Gasteiger partial charge in [0.25, 0.3) is 0 Å². The van der Waals surface area contributed by atoms with E-state index in [4.69, 9.17) is 23.2 Å². The lowest BCUT2D eigenvalue weighted by Crippen LogP contribution is -2.31. The molecule has 18 heavy (non-hydrogen) atoms. The Hall–Kier alpha value is -0.270. The van der Waals surface area contributed by atoms with E-state index in [9.17, 15) is 0 Å². The normalized spacial score (nSPS) is 18.7. The van der Waals surface area contributed by atoms with Crippen LogP contribution in [-0.4, -0.2) is 4.98 Å². The SMILES string of the molecule is CC1(C)CC(CCCCc2c(Cl)cncc2Cl)C1. The fourth-order valence-electron chi connectivity index (χ4n) is 3.12. The van der Waals surface area contributed by atoms with Gasteiger partial charge >= 0.3 is 0 Å². The van der Waals surface area contributed by atoms with E-state index in [0.29, 0.717) is 15.5 Å². The van der Waals surface area contributed by atoms with Crippen molar-refractivity contribution < 1.29 is 0 Å². The van der Waals surface area contributed by atoms with Crippen molar-refractivity contribution in [1.29, 1.82) is 0 Å². The van der Waals surface area contributed by atoms with Crippen LogP contribution in [0, 0.1) is 11.3 Å². The van der Waals surface area contributed by atoms with Gasteiger partial charge in [-0.3, -0.25) is 4.98 Å². The summed E-state index contributed by atoms with van der Waals surface area (Å²) in [5.41, 5.74) is 1.66. The van der Waals surface area contributed by atoms with Crippen LogP contribution in [0.2, 0.25) is 10.0 Å². The molecule has 0 spiro atoms. The van der Waals surface area contributed by atoms with Gasteiger partial charge in [-0.25, -0.2) is 0 Å². The molecule has 0 amide bonds. The zero-order chi connectivity index (χ0) is 13.2. The lowest BCUT2D eigenvalue weighted by atomic mass is 9.63. The van der Waals surface area contributed by atoms with Crippen LogP contribution in [0.4, 0.5) is 0 Å². The number of nitrogens with zero attached hydrogens (tertiary/aromatic N) is 1. The van der Waals surface area contributed by atoms with Crippen LogP contribution in [0.5, 0.6) is 0 Å². The molecule has 1 nitrogen and oxygen atoms in total. The number of pyridine rings is 1. The van der Waals surface area contributed by atoms with Crippen LogP contribution in [0.3, 0.4) is 0 Å².